The summed E-state index contributed by atoms with van der Waals surface area (Å²) in [7, 11) is 1.84. The summed E-state index contributed by atoms with van der Waals surface area (Å²) in [6, 6.07) is 0. The largest absolute Gasteiger partial charge is 0.418 e. The Labute approximate surface area is 85.2 Å². The minimum Gasteiger partial charge on any atom is -0.418 e. The maximum absolute atomic E-state index is 5.43. The first kappa shape index (κ1) is 9.29. The van der Waals surface area contributed by atoms with Crippen molar-refractivity contribution in [1.29, 1.82) is 0 Å². The lowest BCUT2D eigenvalue weighted by Gasteiger charge is -1.90. The van der Waals surface area contributed by atoms with Crippen LogP contribution in [0.5, 0.6) is 0 Å². The maximum atomic E-state index is 5.43. The van der Waals surface area contributed by atoms with E-state index in [0.29, 0.717) is 18.3 Å². The van der Waals surface area contributed by atoms with E-state index in [1.165, 1.54) is 11.3 Å². The molecule has 0 radical (unpaired) electrons. The van der Waals surface area contributed by atoms with Crippen molar-refractivity contribution in [3.05, 3.63) is 17.1 Å². The summed E-state index contributed by atoms with van der Waals surface area (Å²) in [5.41, 5.74) is 2.70. The van der Waals surface area contributed by atoms with Gasteiger partial charge in [0, 0.05) is 0 Å². The topological polar surface area (TPSA) is 63.8 Å². The molecule has 0 saturated carbocycles. The lowest BCUT2D eigenvalue weighted by molar-refractivity contribution is 0.491. The molecule has 0 saturated heterocycles. The number of aryl methyl sites for hydroxylation is 1. The number of thiazole rings is 1. The summed E-state index contributed by atoms with van der Waals surface area (Å²) in [6.45, 7) is 2.51. The fourth-order valence-electron chi connectivity index (χ4n) is 1.08. The monoisotopic (exact) mass is 210 g/mol. The van der Waals surface area contributed by atoms with Gasteiger partial charge >= 0.3 is 0 Å². The van der Waals surface area contributed by atoms with Gasteiger partial charge in [-0.05, 0) is 14.0 Å². The Kier molecular flexibility index (Phi) is 2.55. The minimum absolute atomic E-state index is 0.551. The molecule has 5 nitrogen and oxygen atoms in total. The molecule has 6 heteroatoms. The van der Waals surface area contributed by atoms with E-state index in [-0.39, 0.29) is 0 Å². The van der Waals surface area contributed by atoms with Crippen LogP contribution in [0.1, 0.15) is 11.6 Å². The van der Waals surface area contributed by atoms with E-state index < -0.39 is 0 Å². The molecule has 0 aliphatic heterocycles. The van der Waals surface area contributed by atoms with Crippen LogP contribution < -0.4 is 5.32 Å². The van der Waals surface area contributed by atoms with Gasteiger partial charge in [-0.3, -0.25) is 0 Å². The van der Waals surface area contributed by atoms with Crippen molar-refractivity contribution < 1.29 is 4.42 Å². The third-order valence-electron chi connectivity index (χ3n) is 1.73. The number of nitrogens with one attached hydrogen (secondary N) is 1. The van der Waals surface area contributed by atoms with Crippen molar-refractivity contribution in [2.75, 3.05) is 7.05 Å². The van der Waals surface area contributed by atoms with Crippen molar-refractivity contribution in [2.24, 2.45) is 0 Å². The van der Waals surface area contributed by atoms with Crippen LogP contribution in [0.3, 0.4) is 0 Å². The maximum Gasteiger partial charge on any atom is 0.259 e. The Morgan fingerprint density at radius 1 is 1.50 bits per heavy atom. The summed E-state index contributed by atoms with van der Waals surface area (Å²) in [6.07, 6.45) is 0. The molecule has 0 aliphatic rings. The van der Waals surface area contributed by atoms with Crippen LogP contribution in [0.25, 0.3) is 10.8 Å². The Hall–Kier alpha value is -1.27. The lowest BCUT2D eigenvalue weighted by Crippen LogP contribution is -2.04. The van der Waals surface area contributed by atoms with Gasteiger partial charge in [-0.15, -0.1) is 21.5 Å². The molecule has 14 heavy (non-hydrogen) atoms. The lowest BCUT2D eigenvalue weighted by atomic mass is 10.4. The Balaban J connectivity index is 2.29. The van der Waals surface area contributed by atoms with E-state index in [1.807, 2.05) is 14.0 Å². The van der Waals surface area contributed by atoms with Gasteiger partial charge in [-0.1, -0.05) is 0 Å². The molecular weight excluding hydrogens is 200 g/mol. The molecule has 2 heterocycles. The van der Waals surface area contributed by atoms with Crippen LogP contribution in [-0.4, -0.2) is 22.2 Å². The molecule has 74 valence electrons. The fourth-order valence-corrected chi connectivity index (χ4v) is 1.80. The first-order valence-corrected chi connectivity index (χ1v) is 5.06. The zero-order valence-corrected chi connectivity index (χ0v) is 8.76. The molecule has 0 amide bonds. The van der Waals surface area contributed by atoms with Gasteiger partial charge < -0.3 is 9.73 Å². The smallest absolute Gasteiger partial charge is 0.259 e. The Bertz CT molecular complexity index is 422. The van der Waals surface area contributed by atoms with E-state index in [2.05, 4.69) is 20.5 Å². The van der Waals surface area contributed by atoms with E-state index >= 15 is 0 Å². The standard InChI is InChI=1S/C8H10N4OS/c1-5-7(14-4-10-5)8-12-11-6(13-8)3-9-2/h4,9H,3H2,1-2H3. The Morgan fingerprint density at radius 2 is 2.36 bits per heavy atom. The molecule has 0 atom stereocenters. The van der Waals surface area contributed by atoms with Crippen LogP contribution in [0.15, 0.2) is 9.93 Å². The number of nitrogens with zero attached hydrogens (tertiary/aromatic N) is 3. The molecule has 0 unspecified atom stereocenters. The highest BCUT2D eigenvalue weighted by atomic mass is 32.1. The van der Waals surface area contributed by atoms with Crippen molar-refractivity contribution in [3.63, 3.8) is 0 Å². The van der Waals surface area contributed by atoms with Gasteiger partial charge in [0.05, 0.1) is 17.7 Å². The molecule has 2 aromatic rings. The first-order chi connectivity index (χ1) is 6.81. The molecular formula is C8H10N4OS. The van der Waals surface area contributed by atoms with Crippen molar-refractivity contribution in [2.45, 2.75) is 13.5 Å². The third-order valence-corrected chi connectivity index (χ3v) is 2.65. The van der Waals surface area contributed by atoms with Crippen molar-refractivity contribution >= 4 is 11.3 Å². The van der Waals surface area contributed by atoms with E-state index in [9.17, 15) is 0 Å². The Morgan fingerprint density at radius 3 is 3.00 bits per heavy atom. The highest BCUT2D eigenvalue weighted by molar-refractivity contribution is 7.13. The van der Waals surface area contributed by atoms with Gasteiger partial charge in [-0.25, -0.2) is 4.98 Å². The average Bonchev–Trinajstić information content (AvgIpc) is 2.74. The molecule has 2 rings (SSSR count). The first-order valence-electron chi connectivity index (χ1n) is 4.18. The second-order valence-electron chi connectivity index (χ2n) is 2.80. The van der Waals surface area contributed by atoms with Gasteiger partial charge in [0.1, 0.15) is 4.88 Å². The molecule has 0 spiro atoms. The number of hydrogen-bond donors (Lipinski definition) is 1. The van der Waals surface area contributed by atoms with Gasteiger partial charge in [0.15, 0.2) is 0 Å². The summed E-state index contributed by atoms with van der Waals surface area (Å²) in [4.78, 5) is 5.07. The van der Waals surface area contributed by atoms with Gasteiger partial charge in [-0.2, -0.15) is 0 Å². The highest BCUT2D eigenvalue weighted by Crippen LogP contribution is 2.25. The zero-order chi connectivity index (χ0) is 9.97. The summed E-state index contributed by atoms with van der Waals surface area (Å²) in [5.74, 6) is 1.14. The number of hydrogen-bond acceptors (Lipinski definition) is 6. The SMILES string of the molecule is CNCc1nnc(-c2scnc2C)o1. The summed E-state index contributed by atoms with van der Waals surface area (Å²) < 4.78 is 5.43. The van der Waals surface area contributed by atoms with Crippen LogP contribution in [-0.2, 0) is 6.54 Å². The molecule has 0 aromatic carbocycles. The summed E-state index contributed by atoms with van der Waals surface area (Å²) in [5, 5.41) is 10.8. The zero-order valence-electron chi connectivity index (χ0n) is 7.94. The average molecular weight is 210 g/mol. The molecule has 0 bridgehead atoms. The third kappa shape index (κ3) is 1.66. The normalized spacial score (nSPS) is 10.7. The van der Waals surface area contributed by atoms with Gasteiger partial charge in [0.2, 0.25) is 5.89 Å². The van der Waals surface area contributed by atoms with Crippen molar-refractivity contribution in [3.8, 4) is 10.8 Å². The minimum atomic E-state index is 0.551. The van der Waals surface area contributed by atoms with Crippen LogP contribution in [0, 0.1) is 6.92 Å². The van der Waals surface area contributed by atoms with Gasteiger partial charge in [0.25, 0.3) is 5.89 Å². The van der Waals surface area contributed by atoms with E-state index in [0.717, 1.165) is 10.6 Å². The molecule has 0 fully saturated rings. The molecule has 0 aliphatic carbocycles. The van der Waals surface area contributed by atoms with E-state index in [1.54, 1.807) is 5.51 Å². The fraction of sp³-hybridized carbons (Fsp3) is 0.375. The number of aromatic nitrogens is 3. The molecule has 2 aromatic heterocycles. The predicted octanol–water partition coefficient (Wildman–Crippen LogP) is 1.22. The summed E-state index contributed by atoms with van der Waals surface area (Å²) >= 11 is 1.51. The van der Waals surface area contributed by atoms with Crippen LogP contribution in [0.4, 0.5) is 0 Å². The van der Waals surface area contributed by atoms with Crippen LogP contribution in [0.2, 0.25) is 0 Å². The quantitative estimate of drug-likeness (QED) is 0.825. The number of rotatable bonds is 3. The predicted molar refractivity (Wildman–Crippen MR) is 52.9 cm³/mol. The molecule has 1 N–H and O–H groups in total. The highest BCUT2D eigenvalue weighted by Gasteiger charge is 2.12. The van der Waals surface area contributed by atoms with E-state index in [4.69, 9.17) is 4.42 Å². The second-order valence-corrected chi connectivity index (χ2v) is 3.65. The second kappa shape index (κ2) is 3.85. The van der Waals surface area contributed by atoms with Crippen molar-refractivity contribution in [1.82, 2.24) is 20.5 Å². The van der Waals surface area contributed by atoms with Crippen LogP contribution >= 0.6 is 11.3 Å².